The molecule has 12 nitrogen and oxygen atoms in total. The average molecular weight is 519 g/mol. The number of aliphatic carboxylic acids is 1. The third-order valence-corrected chi connectivity index (χ3v) is 7.20. The van der Waals surface area contributed by atoms with Crippen molar-refractivity contribution in [3.63, 3.8) is 0 Å². The number of carbonyl (C=O) groups is 3. The van der Waals surface area contributed by atoms with Gasteiger partial charge < -0.3 is 15.7 Å². The minimum atomic E-state index is -1.14. The number of fused-ring (bicyclic) bond motifs is 1. The van der Waals surface area contributed by atoms with Crippen molar-refractivity contribution >= 4 is 35.5 Å². The van der Waals surface area contributed by atoms with Crippen LogP contribution in [-0.2, 0) is 16.1 Å². The lowest BCUT2D eigenvalue weighted by molar-refractivity contribution is -0.142. The summed E-state index contributed by atoms with van der Waals surface area (Å²) in [4.78, 5) is 66.0. The number of aromatic nitrogens is 3. The van der Waals surface area contributed by atoms with Gasteiger partial charge in [-0.15, -0.1) is 0 Å². The number of carboxylic acids is 1. The number of hydrogen-bond donors (Lipinski definition) is 4. The monoisotopic (exact) mass is 518 g/mol. The molecule has 192 valence electrons. The number of anilines is 1. The van der Waals surface area contributed by atoms with Gasteiger partial charge in [0.2, 0.25) is 11.9 Å². The molecule has 2 fully saturated rings. The van der Waals surface area contributed by atoms with Gasteiger partial charge in [0.25, 0.3) is 0 Å². The van der Waals surface area contributed by atoms with Crippen LogP contribution in [0.5, 0.6) is 0 Å². The Hall–Kier alpha value is -3.67. The first kappa shape index (κ1) is 25.4. The third kappa shape index (κ3) is 5.13. The number of amides is 3. The lowest BCUT2D eigenvalue weighted by Crippen LogP contribution is -2.60. The van der Waals surface area contributed by atoms with E-state index in [9.17, 15) is 29.1 Å². The Balaban J connectivity index is 1.69. The van der Waals surface area contributed by atoms with Gasteiger partial charge in [0.15, 0.2) is 0 Å². The number of carboxylic acid groups (broad SMARTS) is 1. The van der Waals surface area contributed by atoms with Crippen LogP contribution in [0.25, 0.3) is 0 Å². The van der Waals surface area contributed by atoms with Crippen LogP contribution < -0.4 is 27.3 Å². The van der Waals surface area contributed by atoms with E-state index in [0.717, 1.165) is 4.57 Å². The Labute approximate surface area is 210 Å². The van der Waals surface area contributed by atoms with Crippen molar-refractivity contribution in [2.45, 2.75) is 57.8 Å². The zero-order chi connectivity index (χ0) is 26.1. The molecule has 1 aliphatic carbocycles. The molecule has 0 radical (unpaired) electrons. The predicted octanol–water partition coefficient (Wildman–Crippen LogP) is 1.18. The Morgan fingerprint density at radius 1 is 1.19 bits per heavy atom. The van der Waals surface area contributed by atoms with Crippen molar-refractivity contribution in [3.05, 3.63) is 55.8 Å². The van der Waals surface area contributed by atoms with Gasteiger partial charge in [0.05, 0.1) is 24.4 Å². The van der Waals surface area contributed by atoms with E-state index in [0.29, 0.717) is 29.8 Å². The van der Waals surface area contributed by atoms with Gasteiger partial charge in [-0.25, -0.2) is 19.0 Å². The quantitative estimate of drug-likeness (QED) is 0.424. The van der Waals surface area contributed by atoms with Gasteiger partial charge in [-0.3, -0.25) is 19.5 Å². The van der Waals surface area contributed by atoms with Crippen LogP contribution in [0.4, 0.5) is 10.7 Å². The number of nitrogens with zero attached hydrogens (tertiary/aromatic N) is 3. The van der Waals surface area contributed by atoms with Crippen molar-refractivity contribution < 1.29 is 19.5 Å². The van der Waals surface area contributed by atoms with Crippen LogP contribution in [0.2, 0.25) is 5.02 Å². The van der Waals surface area contributed by atoms with Gasteiger partial charge in [-0.05, 0) is 50.8 Å². The maximum absolute atomic E-state index is 13.5. The number of rotatable bonds is 7. The minimum Gasteiger partial charge on any atom is -0.481 e. The topological polar surface area (TPSA) is 164 Å². The maximum atomic E-state index is 13.5. The van der Waals surface area contributed by atoms with Gasteiger partial charge in [-0.2, -0.15) is 4.98 Å². The second-order valence-electron chi connectivity index (χ2n) is 9.28. The largest absolute Gasteiger partial charge is 0.481 e. The Morgan fingerprint density at radius 3 is 2.56 bits per heavy atom. The van der Waals surface area contributed by atoms with Gasteiger partial charge in [0, 0.05) is 17.1 Å². The summed E-state index contributed by atoms with van der Waals surface area (Å²) in [5.41, 5.74) is -0.857. The summed E-state index contributed by atoms with van der Waals surface area (Å²) in [5.74, 6) is -2.95. The molecule has 2 heterocycles. The highest BCUT2D eigenvalue weighted by atomic mass is 35.5. The summed E-state index contributed by atoms with van der Waals surface area (Å²) in [6.45, 7) is 2.95. The van der Waals surface area contributed by atoms with Crippen molar-refractivity contribution in [2.75, 3.05) is 5.32 Å². The van der Waals surface area contributed by atoms with E-state index < -0.39 is 41.3 Å². The van der Waals surface area contributed by atoms with Crippen LogP contribution in [0, 0.1) is 11.8 Å². The molecule has 13 heteroatoms. The van der Waals surface area contributed by atoms with Crippen LogP contribution in [0.3, 0.4) is 0 Å². The second-order valence-corrected chi connectivity index (χ2v) is 9.72. The molecule has 3 amide bonds. The molecule has 36 heavy (non-hydrogen) atoms. The lowest BCUT2D eigenvalue weighted by atomic mass is 9.80. The summed E-state index contributed by atoms with van der Waals surface area (Å²) in [6, 6.07) is 4.79. The molecule has 4 rings (SSSR count). The average Bonchev–Trinajstić information content (AvgIpc) is 2.82. The fraction of sp³-hybridized carbons (Fsp3) is 0.478. The second kappa shape index (κ2) is 10.1. The van der Waals surface area contributed by atoms with E-state index in [2.05, 4.69) is 20.9 Å². The predicted molar refractivity (Wildman–Crippen MR) is 130 cm³/mol. The molecule has 2 aromatic rings. The molecule has 2 aliphatic rings. The summed E-state index contributed by atoms with van der Waals surface area (Å²) in [6.07, 6.45) is 1.47. The van der Waals surface area contributed by atoms with Crippen molar-refractivity contribution in [3.8, 4) is 0 Å². The van der Waals surface area contributed by atoms with Gasteiger partial charge >= 0.3 is 23.4 Å². The molecule has 1 aromatic carbocycles. The molecule has 0 spiro atoms. The van der Waals surface area contributed by atoms with Gasteiger partial charge in [-0.1, -0.05) is 23.7 Å². The fourth-order valence-electron chi connectivity index (χ4n) is 4.67. The summed E-state index contributed by atoms with van der Waals surface area (Å²) < 4.78 is 2.13. The van der Waals surface area contributed by atoms with Crippen LogP contribution >= 0.6 is 11.6 Å². The molecule has 3 unspecified atom stereocenters. The van der Waals surface area contributed by atoms with E-state index in [1.54, 1.807) is 24.3 Å². The van der Waals surface area contributed by atoms with E-state index in [1.165, 1.54) is 18.4 Å². The highest BCUT2D eigenvalue weighted by Crippen LogP contribution is 2.28. The molecule has 5 atom stereocenters. The van der Waals surface area contributed by atoms with E-state index in [-0.39, 0.29) is 30.5 Å². The maximum Gasteiger partial charge on any atom is 0.355 e. The molecule has 4 N–H and O–H groups in total. The first-order valence-corrected chi connectivity index (χ1v) is 12.0. The standard InChI is InChI=1S/C23H27ClN6O6/c1-11(19(32)33)12(2)30-22(35)28-20(29(23(30)36)10-13-3-5-14(24)6-4-13)25-15-7-8-17-16(9-15)18(31)27-21(34)26-17/h3-6,11-12,15-17H,7-10H2,1-2H3,(H,32,33)(H,25,28,35)(H2,26,27,31,34)/t11-,12+,15?,16?,17?/m1/s1. The van der Waals surface area contributed by atoms with Crippen molar-refractivity contribution in [2.24, 2.45) is 11.8 Å². The Bertz CT molecular complexity index is 1310. The van der Waals surface area contributed by atoms with Crippen LogP contribution in [0.1, 0.15) is 44.7 Å². The zero-order valence-electron chi connectivity index (χ0n) is 19.7. The van der Waals surface area contributed by atoms with E-state index in [1.807, 2.05) is 0 Å². The SMILES string of the molecule is C[C@@H](C(=O)O)[C@H](C)n1c(=O)nc(NC2CCC3NC(=O)NC(=O)C3C2)n(Cc2ccc(Cl)cc2)c1=O. The van der Waals surface area contributed by atoms with Crippen molar-refractivity contribution in [1.82, 2.24) is 24.8 Å². The van der Waals surface area contributed by atoms with Crippen LogP contribution in [-0.4, -0.2) is 49.2 Å². The Kier molecular flexibility index (Phi) is 7.16. The number of imide groups is 1. The molecule has 1 saturated heterocycles. The number of benzene rings is 1. The summed E-state index contributed by atoms with van der Waals surface area (Å²) >= 11 is 5.98. The third-order valence-electron chi connectivity index (χ3n) is 6.95. The first-order valence-electron chi connectivity index (χ1n) is 11.6. The molecule has 0 bridgehead atoms. The highest BCUT2D eigenvalue weighted by Gasteiger charge is 2.40. The number of halogens is 1. The molecule has 1 aromatic heterocycles. The first-order chi connectivity index (χ1) is 17.0. The molecule has 1 saturated carbocycles. The number of urea groups is 1. The van der Waals surface area contributed by atoms with Gasteiger partial charge in [0.1, 0.15) is 0 Å². The lowest BCUT2D eigenvalue weighted by Gasteiger charge is -2.38. The summed E-state index contributed by atoms with van der Waals surface area (Å²) in [7, 11) is 0. The molecular weight excluding hydrogens is 492 g/mol. The molecule has 1 aliphatic heterocycles. The number of nitrogens with one attached hydrogen (secondary N) is 3. The molecular formula is C23H27ClN6O6. The Morgan fingerprint density at radius 2 is 1.89 bits per heavy atom. The minimum absolute atomic E-state index is 0.0232. The van der Waals surface area contributed by atoms with E-state index in [4.69, 9.17) is 11.6 Å². The fourth-order valence-corrected chi connectivity index (χ4v) is 4.79. The van der Waals surface area contributed by atoms with Crippen molar-refractivity contribution in [1.29, 1.82) is 0 Å². The number of hydrogen-bond acceptors (Lipinski definition) is 7. The summed E-state index contributed by atoms with van der Waals surface area (Å²) in [5, 5.41) is 18.1. The smallest absolute Gasteiger partial charge is 0.355 e. The zero-order valence-corrected chi connectivity index (χ0v) is 20.5. The van der Waals surface area contributed by atoms with E-state index >= 15 is 0 Å². The highest BCUT2D eigenvalue weighted by molar-refractivity contribution is 6.30. The normalized spacial score (nSPS) is 23.1. The number of carbonyl (C=O) groups excluding carboxylic acids is 2. The van der Waals surface area contributed by atoms with Crippen LogP contribution in [0.15, 0.2) is 33.9 Å².